The normalized spacial score (nSPS) is 20.8. The molecule has 1 saturated heterocycles. The number of nitrogens with zero attached hydrogens (tertiary/aromatic N) is 1. The van der Waals surface area contributed by atoms with Gasteiger partial charge in [0.2, 0.25) is 5.91 Å². The predicted octanol–water partition coefficient (Wildman–Crippen LogP) is 1.83. The van der Waals surface area contributed by atoms with E-state index in [1.54, 1.807) is 19.2 Å². The number of benzene rings is 1. The molecule has 1 aliphatic heterocycles. The third kappa shape index (κ3) is 3.40. The van der Waals surface area contributed by atoms with Gasteiger partial charge in [-0.1, -0.05) is 12.1 Å². The van der Waals surface area contributed by atoms with Gasteiger partial charge in [-0.15, -0.1) is 0 Å². The molecular formula is C17H22N2O3. The molecule has 2 fully saturated rings. The van der Waals surface area contributed by atoms with Crippen LogP contribution in [-0.2, 0) is 4.79 Å². The van der Waals surface area contributed by atoms with Crippen molar-refractivity contribution in [3.8, 4) is 5.75 Å². The number of para-hydroxylation sites is 1. The summed E-state index contributed by atoms with van der Waals surface area (Å²) >= 11 is 0. The van der Waals surface area contributed by atoms with Crippen LogP contribution in [0.1, 0.15) is 36.0 Å². The summed E-state index contributed by atoms with van der Waals surface area (Å²) in [6, 6.07) is 7.68. The molecule has 1 aliphatic carbocycles. The smallest absolute Gasteiger partial charge is 0.257 e. The topological polar surface area (TPSA) is 58.6 Å². The quantitative estimate of drug-likeness (QED) is 0.902. The van der Waals surface area contributed by atoms with Gasteiger partial charge in [0, 0.05) is 25.6 Å². The van der Waals surface area contributed by atoms with Gasteiger partial charge in [-0.3, -0.25) is 9.59 Å². The Balaban J connectivity index is 1.57. The van der Waals surface area contributed by atoms with Gasteiger partial charge in [0.25, 0.3) is 5.91 Å². The summed E-state index contributed by atoms with van der Waals surface area (Å²) in [5.41, 5.74) is 0.591. The molecule has 0 radical (unpaired) electrons. The van der Waals surface area contributed by atoms with E-state index in [-0.39, 0.29) is 17.7 Å². The molecule has 2 aliphatic rings. The standard InChI is InChI=1S/C17H22N2O3/c1-22-15-5-3-2-4-14(15)17(21)19-9-8-12(11-19)10-16(20)18-13-6-7-13/h2-5,12-13H,6-11H2,1H3,(H,18,20). The van der Waals surface area contributed by atoms with Gasteiger partial charge in [-0.2, -0.15) is 0 Å². The SMILES string of the molecule is COc1ccccc1C(=O)N1CCC(CC(=O)NC2CC2)C1. The summed E-state index contributed by atoms with van der Waals surface area (Å²) in [6.45, 7) is 1.35. The van der Waals surface area contributed by atoms with Gasteiger partial charge in [-0.05, 0) is 37.3 Å². The van der Waals surface area contributed by atoms with Gasteiger partial charge in [0.05, 0.1) is 12.7 Å². The van der Waals surface area contributed by atoms with Crippen molar-refractivity contribution in [2.45, 2.75) is 31.7 Å². The first-order valence-electron chi connectivity index (χ1n) is 7.89. The van der Waals surface area contributed by atoms with Crippen LogP contribution >= 0.6 is 0 Å². The average Bonchev–Trinajstić information content (AvgIpc) is 3.22. The van der Waals surface area contributed by atoms with Gasteiger partial charge in [0.1, 0.15) is 5.75 Å². The van der Waals surface area contributed by atoms with Crippen LogP contribution in [0.5, 0.6) is 5.75 Å². The van der Waals surface area contributed by atoms with Gasteiger partial charge >= 0.3 is 0 Å². The number of ether oxygens (including phenoxy) is 1. The number of carbonyl (C=O) groups is 2. The van der Waals surface area contributed by atoms with Crippen molar-refractivity contribution in [2.75, 3.05) is 20.2 Å². The van der Waals surface area contributed by atoms with Crippen molar-refractivity contribution < 1.29 is 14.3 Å². The molecule has 1 aromatic carbocycles. The lowest BCUT2D eigenvalue weighted by Crippen LogP contribution is -2.31. The minimum absolute atomic E-state index is 0.0115. The third-order valence-corrected chi connectivity index (χ3v) is 4.33. The van der Waals surface area contributed by atoms with Crippen molar-refractivity contribution >= 4 is 11.8 Å². The summed E-state index contributed by atoms with van der Waals surface area (Å²) in [6.07, 6.45) is 3.62. The van der Waals surface area contributed by atoms with E-state index in [2.05, 4.69) is 5.32 Å². The van der Waals surface area contributed by atoms with Crippen LogP contribution < -0.4 is 10.1 Å². The Morgan fingerprint density at radius 2 is 2.05 bits per heavy atom. The van der Waals surface area contributed by atoms with Crippen LogP contribution in [0, 0.1) is 5.92 Å². The Kier molecular flexibility index (Phi) is 4.32. The lowest BCUT2D eigenvalue weighted by molar-refractivity contribution is -0.122. The summed E-state index contributed by atoms with van der Waals surface area (Å²) in [4.78, 5) is 26.3. The van der Waals surface area contributed by atoms with E-state index in [1.165, 1.54) is 0 Å². The second kappa shape index (κ2) is 6.38. The Labute approximate surface area is 130 Å². The molecule has 1 N–H and O–H groups in total. The molecule has 1 unspecified atom stereocenters. The number of hydrogen-bond acceptors (Lipinski definition) is 3. The molecule has 118 valence electrons. The number of rotatable bonds is 5. The maximum Gasteiger partial charge on any atom is 0.257 e. The van der Waals surface area contributed by atoms with Crippen LogP contribution in [-0.4, -0.2) is 43.0 Å². The van der Waals surface area contributed by atoms with Crippen molar-refractivity contribution in [3.05, 3.63) is 29.8 Å². The highest BCUT2D eigenvalue weighted by Gasteiger charge is 2.31. The highest BCUT2D eigenvalue weighted by atomic mass is 16.5. The van der Waals surface area contributed by atoms with Crippen molar-refractivity contribution in [1.29, 1.82) is 0 Å². The number of nitrogens with one attached hydrogen (secondary N) is 1. The minimum atomic E-state index is -0.0115. The molecule has 22 heavy (non-hydrogen) atoms. The van der Waals surface area contributed by atoms with E-state index in [0.29, 0.717) is 36.9 Å². The summed E-state index contributed by atoms with van der Waals surface area (Å²) in [7, 11) is 1.57. The van der Waals surface area contributed by atoms with Crippen LogP contribution in [0.2, 0.25) is 0 Å². The molecule has 5 heteroatoms. The molecule has 1 saturated carbocycles. The zero-order valence-electron chi connectivity index (χ0n) is 12.9. The molecule has 1 atom stereocenters. The van der Waals surface area contributed by atoms with Gasteiger partial charge < -0.3 is 15.0 Å². The molecule has 5 nitrogen and oxygen atoms in total. The van der Waals surface area contributed by atoms with Crippen LogP contribution in [0.15, 0.2) is 24.3 Å². The Hall–Kier alpha value is -2.04. The molecule has 1 aromatic rings. The van der Waals surface area contributed by atoms with Crippen molar-refractivity contribution in [1.82, 2.24) is 10.2 Å². The first-order valence-corrected chi connectivity index (χ1v) is 7.89. The second-order valence-electron chi connectivity index (χ2n) is 6.15. The minimum Gasteiger partial charge on any atom is -0.496 e. The first-order chi connectivity index (χ1) is 10.7. The maximum absolute atomic E-state index is 12.6. The summed E-state index contributed by atoms with van der Waals surface area (Å²) in [5, 5.41) is 3.01. The maximum atomic E-state index is 12.6. The first kappa shape index (κ1) is 14.9. The summed E-state index contributed by atoms with van der Waals surface area (Å²) in [5.74, 6) is 0.974. The predicted molar refractivity (Wildman–Crippen MR) is 82.8 cm³/mol. The van der Waals surface area contributed by atoms with E-state index in [9.17, 15) is 9.59 Å². The lowest BCUT2D eigenvalue weighted by Gasteiger charge is -2.18. The zero-order valence-corrected chi connectivity index (χ0v) is 12.9. The average molecular weight is 302 g/mol. The summed E-state index contributed by atoms with van der Waals surface area (Å²) < 4.78 is 5.26. The fourth-order valence-electron chi connectivity index (χ4n) is 2.95. The van der Waals surface area contributed by atoms with Gasteiger partial charge in [-0.25, -0.2) is 0 Å². The molecule has 3 rings (SSSR count). The van der Waals surface area contributed by atoms with Crippen molar-refractivity contribution in [3.63, 3.8) is 0 Å². The molecule has 0 spiro atoms. The third-order valence-electron chi connectivity index (χ3n) is 4.33. The molecule has 0 bridgehead atoms. The highest BCUT2D eigenvalue weighted by Crippen LogP contribution is 2.26. The Morgan fingerprint density at radius 1 is 1.27 bits per heavy atom. The monoisotopic (exact) mass is 302 g/mol. The number of methoxy groups -OCH3 is 1. The van der Waals surface area contributed by atoms with Gasteiger partial charge in [0.15, 0.2) is 0 Å². The highest BCUT2D eigenvalue weighted by molar-refractivity contribution is 5.97. The Morgan fingerprint density at radius 3 is 2.77 bits per heavy atom. The second-order valence-corrected chi connectivity index (χ2v) is 6.15. The van der Waals surface area contributed by atoms with E-state index in [4.69, 9.17) is 4.74 Å². The van der Waals surface area contributed by atoms with Crippen LogP contribution in [0.25, 0.3) is 0 Å². The lowest BCUT2D eigenvalue weighted by atomic mass is 10.0. The zero-order chi connectivity index (χ0) is 15.5. The fraction of sp³-hybridized carbons (Fsp3) is 0.529. The number of amides is 2. The molecule has 0 aromatic heterocycles. The number of likely N-dealkylation sites (tertiary alicyclic amines) is 1. The van der Waals surface area contributed by atoms with E-state index >= 15 is 0 Å². The van der Waals surface area contributed by atoms with Crippen LogP contribution in [0.3, 0.4) is 0 Å². The van der Waals surface area contributed by atoms with Crippen LogP contribution in [0.4, 0.5) is 0 Å². The van der Waals surface area contributed by atoms with Crippen molar-refractivity contribution in [2.24, 2.45) is 5.92 Å². The number of hydrogen-bond donors (Lipinski definition) is 1. The van der Waals surface area contributed by atoms with E-state index in [1.807, 2.05) is 17.0 Å². The van der Waals surface area contributed by atoms with E-state index < -0.39 is 0 Å². The number of carbonyl (C=O) groups excluding carboxylic acids is 2. The fourth-order valence-corrected chi connectivity index (χ4v) is 2.95. The Bertz CT molecular complexity index is 569. The van der Waals surface area contributed by atoms with E-state index in [0.717, 1.165) is 19.3 Å². The molecular weight excluding hydrogens is 280 g/mol. The molecule has 2 amide bonds. The molecule has 1 heterocycles. The largest absolute Gasteiger partial charge is 0.496 e.